The smallest absolute Gasteiger partial charge is 0.324 e. The van der Waals surface area contributed by atoms with E-state index in [1.807, 2.05) is 0 Å². The maximum atomic E-state index is 12.3. The second-order valence-electron chi connectivity index (χ2n) is 5.18. The standard InChI is InChI=1S/C17H10N4O4/c22-15-12-4-1-2-5-13(12)16(23)21(15)25-17(24)11-6-8-18-14(10-11)20-9-3-7-19-20/h1-10H. The number of pyridine rings is 1. The van der Waals surface area contributed by atoms with Crippen molar-refractivity contribution in [3.8, 4) is 5.82 Å². The Labute approximate surface area is 141 Å². The lowest BCUT2D eigenvalue weighted by molar-refractivity contribution is -0.0584. The Kier molecular flexibility index (Phi) is 3.35. The van der Waals surface area contributed by atoms with Crippen LogP contribution in [0.1, 0.15) is 31.1 Å². The molecule has 8 nitrogen and oxygen atoms in total. The van der Waals surface area contributed by atoms with Gasteiger partial charge in [0.05, 0.1) is 16.7 Å². The normalized spacial score (nSPS) is 13.0. The van der Waals surface area contributed by atoms with E-state index in [0.717, 1.165) is 0 Å². The first kappa shape index (κ1) is 14.8. The summed E-state index contributed by atoms with van der Waals surface area (Å²) in [6.45, 7) is 0. The van der Waals surface area contributed by atoms with Crippen molar-refractivity contribution in [3.05, 3.63) is 77.7 Å². The van der Waals surface area contributed by atoms with Gasteiger partial charge in [-0.05, 0) is 30.3 Å². The molecule has 0 spiro atoms. The van der Waals surface area contributed by atoms with E-state index in [2.05, 4.69) is 10.1 Å². The molecule has 0 saturated carbocycles. The van der Waals surface area contributed by atoms with Crippen LogP contribution in [0.2, 0.25) is 0 Å². The molecule has 2 aromatic heterocycles. The lowest BCUT2D eigenvalue weighted by Crippen LogP contribution is -2.32. The van der Waals surface area contributed by atoms with Crippen LogP contribution in [-0.2, 0) is 4.84 Å². The molecule has 3 aromatic rings. The van der Waals surface area contributed by atoms with E-state index in [1.165, 1.54) is 35.1 Å². The molecule has 122 valence electrons. The first-order valence-electron chi connectivity index (χ1n) is 7.31. The number of aromatic nitrogens is 3. The summed E-state index contributed by atoms with van der Waals surface area (Å²) in [5.41, 5.74) is 0.538. The van der Waals surface area contributed by atoms with Gasteiger partial charge in [0, 0.05) is 18.6 Å². The lowest BCUT2D eigenvalue weighted by atomic mass is 10.1. The van der Waals surface area contributed by atoms with Gasteiger partial charge in [0.25, 0.3) is 11.8 Å². The van der Waals surface area contributed by atoms with E-state index in [4.69, 9.17) is 4.84 Å². The molecule has 8 heteroatoms. The van der Waals surface area contributed by atoms with E-state index >= 15 is 0 Å². The van der Waals surface area contributed by atoms with E-state index in [-0.39, 0.29) is 16.7 Å². The Morgan fingerprint density at radius 2 is 1.68 bits per heavy atom. The van der Waals surface area contributed by atoms with Crippen molar-refractivity contribution >= 4 is 17.8 Å². The number of rotatable bonds is 3. The van der Waals surface area contributed by atoms with Crippen LogP contribution in [0.4, 0.5) is 0 Å². The Morgan fingerprint density at radius 3 is 2.32 bits per heavy atom. The fraction of sp³-hybridized carbons (Fsp3) is 0. The van der Waals surface area contributed by atoms with E-state index in [0.29, 0.717) is 10.9 Å². The van der Waals surface area contributed by atoms with Crippen molar-refractivity contribution in [1.82, 2.24) is 19.8 Å². The molecule has 0 unspecified atom stereocenters. The zero-order valence-corrected chi connectivity index (χ0v) is 12.7. The third-order valence-electron chi connectivity index (χ3n) is 3.65. The SMILES string of the molecule is O=C(ON1C(=O)c2ccccc2C1=O)c1ccnc(-n2cccn2)c1. The van der Waals surface area contributed by atoms with Gasteiger partial charge in [-0.15, -0.1) is 0 Å². The zero-order chi connectivity index (χ0) is 17.4. The number of carbonyl (C=O) groups excluding carboxylic acids is 3. The summed E-state index contributed by atoms with van der Waals surface area (Å²) in [6, 6.07) is 10.9. The van der Waals surface area contributed by atoms with Gasteiger partial charge in [-0.2, -0.15) is 5.10 Å². The summed E-state index contributed by atoms with van der Waals surface area (Å²) < 4.78 is 1.47. The quantitative estimate of drug-likeness (QED) is 0.676. The third-order valence-corrected chi connectivity index (χ3v) is 3.65. The van der Waals surface area contributed by atoms with Gasteiger partial charge in [0.1, 0.15) is 0 Å². The summed E-state index contributed by atoms with van der Waals surface area (Å²) in [5, 5.41) is 4.50. The van der Waals surface area contributed by atoms with Gasteiger partial charge in [0.2, 0.25) is 0 Å². The monoisotopic (exact) mass is 334 g/mol. The summed E-state index contributed by atoms with van der Waals surface area (Å²) in [5.74, 6) is -1.78. The minimum absolute atomic E-state index is 0.136. The molecular weight excluding hydrogens is 324 g/mol. The van der Waals surface area contributed by atoms with Gasteiger partial charge < -0.3 is 4.84 Å². The number of amides is 2. The van der Waals surface area contributed by atoms with Crippen molar-refractivity contribution in [2.45, 2.75) is 0 Å². The molecule has 4 rings (SSSR count). The Morgan fingerprint density at radius 1 is 0.960 bits per heavy atom. The zero-order valence-electron chi connectivity index (χ0n) is 12.7. The van der Waals surface area contributed by atoms with Gasteiger partial charge in [0.15, 0.2) is 5.82 Å². The van der Waals surface area contributed by atoms with Crippen molar-refractivity contribution in [1.29, 1.82) is 0 Å². The highest BCUT2D eigenvalue weighted by atomic mass is 16.7. The molecule has 3 heterocycles. The fourth-order valence-corrected chi connectivity index (χ4v) is 2.46. The maximum absolute atomic E-state index is 12.3. The first-order chi connectivity index (χ1) is 12.1. The van der Waals surface area contributed by atoms with Gasteiger partial charge in [-0.25, -0.2) is 14.5 Å². The molecule has 0 N–H and O–H groups in total. The average Bonchev–Trinajstić information content (AvgIpc) is 3.26. The van der Waals surface area contributed by atoms with Crippen LogP contribution in [0.25, 0.3) is 5.82 Å². The predicted molar refractivity (Wildman–Crippen MR) is 83.7 cm³/mol. The highest BCUT2D eigenvalue weighted by Crippen LogP contribution is 2.23. The van der Waals surface area contributed by atoms with Crippen LogP contribution < -0.4 is 0 Å². The van der Waals surface area contributed by atoms with Crippen LogP contribution in [0.15, 0.2) is 61.1 Å². The number of hydrogen-bond acceptors (Lipinski definition) is 6. The summed E-state index contributed by atoms with van der Waals surface area (Å²) in [6.07, 6.45) is 4.66. The minimum Gasteiger partial charge on any atom is -0.324 e. The Balaban J connectivity index is 1.58. The van der Waals surface area contributed by atoms with E-state index in [9.17, 15) is 14.4 Å². The highest BCUT2D eigenvalue weighted by molar-refractivity contribution is 6.21. The average molecular weight is 334 g/mol. The molecule has 0 aliphatic carbocycles. The van der Waals surface area contributed by atoms with Crippen LogP contribution in [0, 0.1) is 0 Å². The molecule has 1 aliphatic heterocycles. The molecular formula is C17H10N4O4. The van der Waals surface area contributed by atoms with Crippen LogP contribution in [0.3, 0.4) is 0 Å². The number of hydroxylamine groups is 2. The van der Waals surface area contributed by atoms with Crippen molar-refractivity contribution in [2.24, 2.45) is 0 Å². The minimum atomic E-state index is -0.842. The number of hydrogen-bond donors (Lipinski definition) is 0. The molecule has 0 radical (unpaired) electrons. The Hall–Kier alpha value is -3.81. The van der Waals surface area contributed by atoms with Crippen molar-refractivity contribution < 1.29 is 19.2 Å². The number of carbonyl (C=O) groups is 3. The number of imide groups is 1. The van der Waals surface area contributed by atoms with Crippen molar-refractivity contribution in [3.63, 3.8) is 0 Å². The number of benzene rings is 1. The van der Waals surface area contributed by atoms with Gasteiger partial charge in [-0.3, -0.25) is 9.59 Å². The molecule has 2 amide bonds. The molecule has 0 bridgehead atoms. The van der Waals surface area contributed by atoms with Gasteiger partial charge in [-0.1, -0.05) is 17.2 Å². The number of nitrogens with zero attached hydrogens (tertiary/aromatic N) is 4. The largest absolute Gasteiger partial charge is 0.364 e. The molecule has 0 atom stereocenters. The molecule has 0 saturated heterocycles. The lowest BCUT2D eigenvalue weighted by Gasteiger charge is -2.12. The molecule has 1 aromatic carbocycles. The topological polar surface area (TPSA) is 94.4 Å². The van der Waals surface area contributed by atoms with Gasteiger partial charge >= 0.3 is 5.97 Å². The first-order valence-corrected chi connectivity index (χ1v) is 7.31. The summed E-state index contributed by atoms with van der Waals surface area (Å²) in [7, 11) is 0. The second kappa shape index (κ2) is 5.68. The number of fused-ring (bicyclic) bond motifs is 1. The van der Waals surface area contributed by atoms with Crippen LogP contribution in [-0.4, -0.2) is 37.6 Å². The van der Waals surface area contributed by atoms with Crippen molar-refractivity contribution in [2.75, 3.05) is 0 Å². The van der Waals surface area contributed by atoms with Crippen LogP contribution >= 0.6 is 0 Å². The fourth-order valence-electron chi connectivity index (χ4n) is 2.46. The van der Waals surface area contributed by atoms with Crippen LogP contribution in [0.5, 0.6) is 0 Å². The molecule has 25 heavy (non-hydrogen) atoms. The highest BCUT2D eigenvalue weighted by Gasteiger charge is 2.38. The second-order valence-corrected chi connectivity index (χ2v) is 5.18. The Bertz CT molecular complexity index is 962. The predicted octanol–water partition coefficient (Wildman–Crippen LogP) is 1.64. The summed E-state index contributed by atoms with van der Waals surface area (Å²) in [4.78, 5) is 45.9. The van der Waals surface area contributed by atoms with E-state index in [1.54, 1.807) is 30.6 Å². The van der Waals surface area contributed by atoms with E-state index < -0.39 is 17.8 Å². The maximum Gasteiger partial charge on any atom is 0.364 e. The molecule has 0 fully saturated rings. The molecule has 1 aliphatic rings. The third kappa shape index (κ3) is 2.45. The summed E-state index contributed by atoms with van der Waals surface area (Å²) >= 11 is 0.